The largest absolute Gasteiger partial charge is 0.493 e. The molecule has 0 bridgehead atoms. The molecule has 1 heterocycles. The normalized spacial score (nSPS) is 15.9. The third-order valence-electron chi connectivity index (χ3n) is 4.88. The number of hydrogen-bond acceptors (Lipinski definition) is 4. The van der Waals surface area contributed by atoms with Crippen LogP contribution in [0.25, 0.3) is 0 Å². The van der Waals surface area contributed by atoms with Gasteiger partial charge in [-0.05, 0) is 35.4 Å². The Bertz CT molecular complexity index is 962. The molecule has 0 N–H and O–H groups in total. The lowest BCUT2D eigenvalue weighted by atomic mass is 10.1. The van der Waals surface area contributed by atoms with E-state index >= 15 is 0 Å². The molecule has 148 valence electrons. The molecule has 3 aromatic carbocycles. The zero-order chi connectivity index (χ0) is 20.1. The Morgan fingerprint density at radius 3 is 2.45 bits per heavy atom. The first-order chi connectivity index (χ1) is 14.3. The number of methoxy groups -OCH3 is 1. The number of carbonyl (C=O) groups is 1. The van der Waals surface area contributed by atoms with Crippen molar-refractivity contribution in [3.8, 4) is 11.5 Å². The molecule has 3 aromatic rings. The van der Waals surface area contributed by atoms with E-state index in [4.69, 9.17) is 9.47 Å². The second-order valence-corrected chi connectivity index (χ2v) is 7.96. The first-order valence-corrected chi connectivity index (χ1v) is 10.6. The molecule has 1 fully saturated rings. The lowest BCUT2D eigenvalue weighted by Gasteiger charge is -2.25. The summed E-state index contributed by atoms with van der Waals surface area (Å²) in [4.78, 5) is 14.9. The van der Waals surface area contributed by atoms with Gasteiger partial charge in [0, 0.05) is 17.9 Å². The average Bonchev–Trinajstić information content (AvgIpc) is 3.28. The van der Waals surface area contributed by atoms with Gasteiger partial charge in [-0.2, -0.15) is 0 Å². The van der Waals surface area contributed by atoms with Crippen molar-refractivity contribution in [1.29, 1.82) is 0 Å². The zero-order valence-corrected chi connectivity index (χ0v) is 17.1. The van der Waals surface area contributed by atoms with Crippen LogP contribution in [0.4, 0.5) is 0 Å². The highest BCUT2D eigenvalue weighted by Gasteiger charge is 2.31. The molecular formula is C24H23NO3S. The van der Waals surface area contributed by atoms with Gasteiger partial charge in [-0.15, -0.1) is 11.8 Å². The highest BCUT2D eigenvalue weighted by Crippen LogP contribution is 2.41. The van der Waals surface area contributed by atoms with E-state index in [1.54, 1.807) is 18.9 Å². The van der Waals surface area contributed by atoms with E-state index in [9.17, 15) is 4.79 Å². The van der Waals surface area contributed by atoms with Crippen LogP contribution in [0, 0.1) is 0 Å². The average molecular weight is 406 g/mol. The van der Waals surface area contributed by atoms with Crippen molar-refractivity contribution in [2.75, 3.05) is 19.4 Å². The molecule has 0 aromatic heterocycles. The van der Waals surface area contributed by atoms with Gasteiger partial charge < -0.3 is 14.4 Å². The van der Waals surface area contributed by atoms with Crippen molar-refractivity contribution in [2.45, 2.75) is 12.0 Å². The maximum Gasteiger partial charge on any atom is 0.255 e. The summed E-state index contributed by atoms with van der Waals surface area (Å²) in [6.07, 6.45) is 0. The number of amides is 1. The molecule has 0 spiro atoms. The quantitative estimate of drug-likeness (QED) is 0.568. The molecule has 0 aliphatic carbocycles. The van der Waals surface area contributed by atoms with Crippen molar-refractivity contribution in [3.05, 3.63) is 95.6 Å². The lowest BCUT2D eigenvalue weighted by Crippen LogP contribution is -2.30. The van der Waals surface area contributed by atoms with Crippen LogP contribution in [-0.4, -0.2) is 30.2 Å². The maximum atomic E-state index is 13.0. The van der Waals surface area contributed by atoms with Gasteiger partial charge in [0.25, 0.3) is 5.91 Å². The minimum atomic E-state index is -0.0345. The van der Waals surface area contributed by atoms with Crippen LogP contribution in [0.1, 0.15) is 26.9 Å². The van der Waals surface area contributed by atoms with Gasteiger partial charge in [-0.1, -0.05) is 54.6 Å². The minimum Gasteiger partial charge on any atom is -0.493 e. The van der Waals surface area contributed by atoms with Crippen LogP contribution >= 0.6 is 11.8 Å². The van der Waals surface area contributed by atoms with E-state index in [0.29, 0.717) is 23.7 Å². The summed E-state index contributed by atoms with van der Waals surface area (Å²) in [6.45, 7) is 1.19. The molecule has 1 aliphatic heterocycles. The minimum absolute atomic E-state index is 0.0345. The standard InChI is InChI=1S/C24H23NO3S/c1-27-21-13-12-20(16-22(21)28-17-18-8-4-2-5-9-18)24-25(14-15-29-24)23(26)19-10-6-3-7-11-19/h2-13,16,24H,14-15,17H2,1H3/t24-/m1/s1. The van der Waals surface area contributed by atoms with Crippen LogP contribution < -0.4 is 9.47 Å². The fourth-order valence-corrected chi connectivity index (χ4v) is 4.64. The Morgan fingerprint density at radius 2 is 1.72 bits per heavy atom. The van der Waals surface area contributed by atoms with Gasteiger partial charge in [0.1, 0.15) is 12.0 Å². The monoisotopic (exact) mass is 405 g/mol. The van der Waals surface area contributed by atoms with Crippen molar-refractivity contribution in [2.24, 2.45) is 0 Å². The smallest absolute Gasteiger partial charge is 0.255 e. The SMILES string of the molecule is COc1ccc([C@H]2SCCN2C(=O)c2ccccc2)cc1OCc1ccccc1. The van der Waals surface area contributed by atoms with Crippen molar-refractivity contribution in [3.63, 3.8) is 0 Å². The van der Waals surface area contributed by atoms with Crippen LogP contribution in [0.15, 0.2) is 78.9 Å². The van der Waals surface area contributed by atoms with E-state index in [2.05, 4.69) is 0 Å². The number of carbonyl (C=O) groups excluding carboxylic acids is 1. The number of rotatable bonds is 6. The van der Waals surface area contributed by atoms with Crippen molar-refractivity contribution in [1.82, 2.24) is 4.90 Å². The molecule has 29 heavy (non-hydrogen) atoms. The molecule has 1 aliphatic rings. The molecule has 1 amide bonds. The number of hydrogen-bond donors (Lipinski definition) is 0. The van der Waals surface area contributed by atoms with E-state index in [-0.39, 0.29) is 11.3 Å². The van der Waals surface area contributed by atoms with Crippen molar-refractivity contribution < 1.29 is 14.3 Å². The molecule has 0 radical (unpaired) electrons. The van der Waals surface area contributed by atoms with Gasteiger partial charge in [0.05, 0.1) is 7.11 Å². The Labute approximate surface area is 175 Å². The molecule has 1 atom stereocenters. The first kappa shape index (κ1) is 19.4. The third-order valence-corrected chi connectivity index (χ3v) is 6.14. The van der Waals surface area contributed by atoms with E-state index in [1.165, 1.54) is 0 Å². The second-order valence-electron chi connectivity index (χ2n) is 6.77. The van der Waals surface area contributed by atoms with Gasteiger partial charge >= 0.3 is 0 Å². The Balaban J connectivity index is 1.56. The molecule has 1 saturated heterocycles. The number of ether oxygens (including phenoxy) is 2. The van der Waals surface area contributed by atoms with Crippen molar-refractivity contribution >= 4 is 17.7 Å². The number of nitrogens with zero attached hydrogens (tertiary/aromatic N) is 1. The molecule has 0 saturated carbocycles. The summed E-state index contributed by atoms with van der Waals surface area (Å²) in [5, 5.41) is -0.0345. The predicted molar refractivity (Wildman–Crippen MR) is 116 cm³/mol. The Morgan fingerprint density at radius 1 is 1.00 bits per heavy atom. The molecular weight excluding hydrogens is 382 g/mol. The van der Waals surface area contributed by atoms with E-state index < -0.39 is 0 Å². The van der Waals surface area contributed by atoms with Crippen LogP contribution in [0.2, 0.25) is 0 Å². The summed E-state index contributed by atoms with van der Waals surface area (Å²) < 4.78 is 11.5. The molecule has 0 unspecified atom stereocenters. The highest BCUT2D eigenvalue weighted by molar-refractivity contribution is 7.99. The van der Waals surface area contributed by atoms with Gasteiger partial charge in [-0.25, -0.2) is 0 Å². The summed E-state index contributed by atoms with van der Waals surface area (Å²) in [5.41, 5.74) is 2.85. The van der Waals surface area contributed by atoms with Gasteiger partial charge in [0.15, 0.2) is 11.5 Å². The molecule has 4 nitrogen and oxygen atoms in total. The van der Waals surface area contributed by atoms with Gasteiger partial charge in [0.2, 0.25) is 0 Å². The van der Waals surface area contributed by atoms with E-state index in [1.807, 2.05) is 83.8 Å². The second kappa shape index (κ2) is 9.05. The highest BCUT2D eigenvalue weighted by atomic mass is 32.2. The van der Waals surface area contributed by atoms with Crippen LogP contribution in [0.5, 0.6) is 11.5 Å². The predicted octanol–water partition coefficient (Wildman–Crippen LogP) is 5.16. The molecule has 5 heteroatoms. The fraction of sp³-hybridized carbons (Fsp3) is 0.208. The summed E-state index contributed by atoms with van der Waals surface area (Å²) in [7, 11) is 1.64. The fourth-order valence-electron chi connectivity index (χ4n) is 3.40. The topological polar surface area (TPSA) is 38.8 Å². The van der Waals surface area contributed by atoms with Gasteiger partial charge in [-0.3, -0.25) is 4.79 Å². The Kier molecular flexibility index (Phi) is 6.06. The molecule has 4 rings (SSSR count). The van der Waals surface area contributed by atoms with E-state index in [0.717, 1.165) is 23.4 Å². The lowest BCUT2D eigenvalue weighted by molar-refractivity contribution is 0.0760. The maximum absolute atomic E-state index is 13.0. The third kappa shape index (κ3) is 4.40. The number of benzene rings is 3. The number of thioether (sulfide) groups is 1. The summed E-state index contributed by atoms with van der Waals surface area (Å²) in [6, 6.07) is 25.4. The Hall–Kier alpha value is -2.92. The zero-order valence-electron chi connectivity index (χ0n) is 16.3. The van der Waals surface area contributed by atoms with Crippen LogP contribution in [0.3, 0.4) is 0 Å². The summed E-state index contributed by atoms with van der Waals surface area (Å²) in [5.74, 6) is 2.35. The van der Waals surface area contributed by atoms with Crippen LogP contribution in [-0.2, 0) is 6.61 Å². The summed E-state index contributed by atoms with van der Waals surface area (Å²) >= 11 is 1.77. The first-order valence-electron chi connectivity index (χ1n) is 9.58.